The largest absolute Gasteiger partial charge is 0.418 e. The van der Waals surface area contributed by atoms with Crippen molar-refractivity contribution in [1.29, 1.82) is 0 Å². The van der Waals surface area contributed by atoms with E-state index in [2.05, 4.69) is 24.5 Å². The molecule has 3 unspecified atom stereocenters. The van der Waals surface area contributed by atoms with Crippen LogP contribution in [0.4, 0.5) is 18.9 Å². The molecule has 1 heterocycles. The van der Waals surface area contributed by atoms with Crippen LogP contribution in [0.3, 0.4) is 0 Å². The molecule has 4 nitrogen and oxygen atoms in total. The molecule has 7 heteroatoms. The first kappa shape index (κ1) is 26.3. The Bertz CT molecular complexity index is 1120. The third-order valence-electron chi connectivity index (χ3n) is 10.3. The molecule has 2 saturated carbocycles. The third kappa shape index (κ3) is 4.21. The van der Waals surface area contributed by atoms with E-state index in [1.54, 1.807) is 12.1 Å². The van der Waals surface area contributed by atoms with Gasteiger partial charge < -0.3 is 10.6 Å². The molecule has 1 aromatic rings. The monoisotopic (exact) mass is 516 g/mol. The number of rotatable bonds is 2. The minimum atomic E-state index is -4.56. The van der Waals surface area contributed by atoms with Crippen molar-refractivity contribution >= 4 is 17.4 Å². The van der Waals surface area contributed by atoms with Crippen LogP contribution in [0, 0.1) is 34.5 Å². The summed E-state index contributed by atoms with van der Waals surface area (Å²) in [5, 5.41) is 6.37. The Morgan fingerprint density at radius 2 is 1.73 bits per heavy atom. The van der Waals surface area contributed by atoms with E-state index in [9.17, 15) is 22.8 Å². The molecule has 1 aliphatic heterocycles. The van der Waals surface area contributed by atoms with Crippen LogP contribution in [0.1, 0.15) is 84.3 Å². The highest BCUT2D eigenvalue weighted by molar-refractivity contribution is 5.95. The number of fused-ring (bicyclic) bond motifs is 5. The maximum Gasteiger partial charge on any atom is 0.418 e. The first-order chi connectivity index (χ1) is 17.2. The van der Waals surface area contributed by atoms with Gasteiger partial charge in [-0.1, -0.05) is 46.8 Å². The maximum atomic E-state index is 14.0. The number of anilines is 1. The summed E-state index contributed by atoms with van der Waals surface area (Å²) in [4.78, 5) is 25.8. The van der Waals surface area contributed by atoms with Crippen molar-refractivity contribution in [2.75, 3.05) is 11.9 Å². The topological polar surface area (TPSA) is 58.2 Å². The molecule has 1 aromatic carbocycles. The minimum absolute atomic E-state index is 0.0498. The van der Waals surface area contributed by atoms with Crippen LogP contribution in [-0.2, 0) is 21.2 Å². The summed E-state index contributed by atoms with van der Waals surface area (Å²) in [5.41, 5.74) is -0.182. The predicted octanol–water partition coefficient (Wildman–Crippen LogP) is 6.86. The molecule has 0 spiro atoms. The van der Waals surface area contributed by atoms with Gasteiger partial charge in [-0.05, 0) is 72.3 Å². The van der Waals surface area contributed by atoms with Crippen molar-refractivity contribution in [2.45, 2.75) is 84.7 Å². The number of alkyl halides is 3. The van der Waals surface area contributed by atoms with Gasteiger partial charge in [-0.3, -0.25) is 9.59 Å². The van der Waals surface area contributed by atoms with Crippen molar-refractivity contribution < 1.29 is 22.8 Å². The molecule has 0 aromatic heterocycles. The molecule has 202 valence electrons. The van der Waals surface area contributed by atoms with Crippen LogP contribution < -0.4 is 10.6 Å². The standard InChI is InChI=1S/C30H39F3N2O2/c1-27(2,3)21-7-6-8-22(30(31,32)33)25(21)35-26(37)23-10-9-19-18-16-34-24-15-17(36)11-13-29(24,5)20(18)12-14-28(19,23)4/h6-8,15,18-20,23,34H,9-14,16H2,1-5H3,(H,35,37)/t18?,19?,20?,23-,28+,29-/m1/s1. The van der Waals surface area contributed by atoms with Crippen LogP contribution in [0.5, 0.6) is 0 Å². The smallest absolute Gasteiger partial charge is 0.387 e. The van der Waals surface area contributed by atoms with Crippen LogP contribution in [0.15, 0.2) is 30.0 Å². The van der Waals surface area contributed by atoms with Crippen molar-refractivity contribution in [3.63, 3.8) is 0 Å². The van der Waals surface area contributed by atoms with Gasteiger partial charge in [-0.25, -0.2) is 0 Å². The van der Waals surface area contributed by atoms with E-state index in [4.69, 9.17) is 0 Å². The number of allylic oxidation sites excluding steroid dienone is 2. The number of nitrogens with one attached hydrogen (secondary N) is 2. The van der Waals surface area contributed by atoms with Gasteiger partial charge in [0, 0.05) is 36.1 Å². The fourth-order valence-corrected chi connectivity index (χ4v) is 8.33. The Morgan fingerprint density at radius 3 is 2.41 bits per heavy atom. The Morgan fingerprint density at radius 1 is 1.03 bits per heavy atom. The normalized spacial score (nSPS) is 35.6. The van der Waals surface area contributed by atoms with Gasteiger partial charge in [-0.2, -0.15) is 13.2 Å². The fourth-order valence-electron chi connectivity index (χ4n) is 8.33. The number of piperidine rings is 1. The van der Waals surface area contributed by atoms with Gasteiger partial charge in [0.2, 0.25) is 5.91 Å². The van der Waals surface area contributed by atoms with Crippen molar-refractivity contribution in [3.8, 4) is 0 Å². The Hall–Kier alpha value is -2.31. The van der Waals surface area contributed by atoms with Gasteiger partial charge in [0.1, 0.15) is 0 Å². The molecule has 6 atom stereocenters. The molecule has 1 amide bonds. The van der Waals surface area contributed by atoms with E-state index < -0.39 is 17.2 Å². The number of halogens is 3. The highest BCUT2D eigenvalue weighted by Gasteiger charge is 2.60. The summed E-state index contributed by atoms with van der Waals surface area (Å²) < 4.78 is 42.0. The number of benzene rings is 1. The van der Waals surface area contributed by atoms with Gasteiger partial charge in [-0.15, -0.1) is 0 Å². The Balaban J connectivity index is 1.43. The van der Waals surface area contributed by atoms with Crippen molar-refractivity contribution in [2.24, 2.45) is 34.5 Å². The zero-order valence-electron chi connectivity index (χ0n) is 22.5. The van der Waals surface area contributed by atoms with E-state index in [1.807, 2.05) is 20.8 Å². The lowest BCUT2D eigenvalue weighted by Gasteiger charge is -2.58. The molecule has 5 rings (SSSR count). The second-order valence-electron chi connectivity index (χ2n) is 13.3. The second-order valence-corrected chi connectivity index (χ2v) is 13.3. The maximum absolute atomic E-state index is 14.0. The molecule has 3 aliphatic carbocycles. The fraction of sp³-hybridized carbons (Fsp3) is 0.667. The number of amides is 1. The van der Waals surface area contributed by atoms with E-state index in [0.717, 1.165) is 44.0 Å². The molecule has 0 bridgehead atoms. The Labute approximate surface area is 217 Å². The summed E-state index contributed by atoms with van der Waals surface area (Å²) in [6.07, 6.45) is 2.10. The molecule has 3 fully saturated rings. The van der Waals surface area contributed by atoms with Crippen molar-refractivity contribution in [1.82, 2.24) is 5.32 Å². The first-order valence-electron chi connectivity index (χ1n) is 13.7. The number of hydrogen-bond acceptors (Lipinski definition) is 3. The highest BCUT2D eigenvalue weighted by Crippen LogP contribution is 2.64. The number of ketones is 1. The minimum Gasteiger partial charge on any atom is -0.387 e. The average molecular weight is 517 g/mol. The number of carbonyl (C=O) groups excluding carboxylic acids is 2. The average Bonchev–Trinajstić information content (AvgIpc) is 3.15. The predicted molar refractivity (Wildman–Crippen MR) is 138 cm³/mol. The zero-order valence-corrected chi connectivity index (χ0v) is 22.5. The zero-order chi connectivity index (χ0) is 27.0. The molecule has 4 aliphatic rings. The van der Waals surface area contributed by atoms with Crippen LogP contribution in [0.2, 0.25) is 0 Å². The molecular weight excluding hydrogens is 477 g/mol. The Kier molecular flexibility index (Phi) is 6.12. The van der Waals surface area contributed by atoms with E-state index in [0.29, 0.717) is 36.2 Å². The lowest BCUT2D eigenvalue weighted by Crippen LogP contribution is -2.57. The molecule has 0 radical (unpaired) electrons. The molecule has 1 saturated heterocycles. The SMILES string of the molecule is CC(C)(C)c1cccc(C(F)(F)F)c1NC(=O)[C@H]1CCC2C3CNC4=CC(=O)CC[C@]4(C)C3CC[C@@]21C. The lowest BCUT2D eigenvalue weighted by atomic mass is 9.50. The van der Waals surface area contributed by atoms with Gasteiger partial charge in [0.15, 0.2) is 5.78 Å². The summed E-state index contributed by atoms with van der Waals surface area (Å²) in [6, 6.07) is 4.17. The quantitative estimate of drug-likeness (QED) is 0.452. The van der Waals surface area contributed by atoms with Gasteiger partial charge in [0.25, 0.3) is 0 Å². The van der Waals surface area contributed by atoms with Gasteiger partial charge >= 0.3 is 6.18 Å². The second kappa shape index (κ2) is 8.60. The van der Waals surface area contributed by atoms with E-state index in [1.165, 1.54) is 6.07 Å². The number of hydrogen-bond donors (Lipinski definition) is 2. The van der Waals surface area contributed by atoms with Crippen LogP contribution >= 0.6 is 0 Å². The summed E-state index contributed by atoms with van der Waals surface area (Å²) in [5.74, 6) is 0.733. The molecule has 37 heavy (non-hydrogen) atoms. The van der Waals surface area contributed by atoms with Crippen LogP contribution in [0.25, 0.3) is 0 Å². The van der Waals surface area contributed by atoms with Gasteiger partial charge in [0.05, 0.1) is 11.3 Å². The summed E-state index contributed by atoms with van der Waals surface area (Å²) in [7, 11) is 0. The van der Waals surface area contributed by atoms with E-state index in [-0.39, 0.29) is 34.1 Å². The first-order valence-corrected chi connectivity index (χ1v) is 13.7. The molecule has 2 N–H and O–H groups in total. The van der Waals surface area contributed by atoms with E-state index >= 15 is 0 Å². The van der Waals surface area contributed by atoms with Crippen LogP contribution in [-0.4, -0.2) is 18.2 Å². The highest BCUT2D eigenvalue weighted by atomic mass is 19.4. The number of para-hydroxylation sites is 1. The molecular formula is C30H39F3N2O2. The summed E-state index contributed by atoms with van der Waals surface area (Å²) >= 11 is 0. The van der Waals surface area contributed by atoms with Crippen molar-refractivity contribution in [3.05, 3.63) is 41.1 Å². The number of carbonyl (C=O) groups is 2. The summed E-state index contributed by atoms with van der Waals surface area (Å²) in [6.45, 7) is 10.8. The lowest BCUT2D eigenvalue weighted by molar-refractivity contribution is -0.137. The third-order valence-corrected chi connectivity index (χ3v) is 10.3.